The first kappa shape index (κ1) is 17.8. The summed E-state index contributed by atoms with van der Waals surface area (Å²) in [5.41, 5.74) is 3.22. The van der Waals surface area contributed by atoms with Crippen molar-refractivity contribution >= 4 is 16.9 Å². The first-order valence-corrected chi connectivity index (χ1v) is 10.2. The van der Waals surface area contributed by atoms with Crippen molar-refractivity contribution in [2.45, 2.75) is 39.2 Å². The Hall–Kier alpha value is -3.22. The fraction of sp³-hybridized carbons (Fsp3) is 0.364. The van der Waals surface area contributed by atoms with Crippen molar-refractivity contribution in [3.8, 4) is 11.5 Å². The zero-order valence-corrected chi connectivity index (χ0v) is 16.7. The topological polar surface area (TPSA) is 72.9 Å². The molecule has 0 aliphatic carbocycles. The van der Waals surface area contributed by atoms with Crippen molar-refractivity contribution in [3.05, 3.63) is 54.2 Å². The van der Waals surface area contributed by atoms with Gasteiger partial charge in [-0.2, -0.15) is 4.98 Å². The molecule has 0 saturated carbocycles. The van der Waals surface area contributed by atoms with Crippen LogP contribution in [0.25, 0.3) is 22.5 Å². The van der Waals surface area contributed by atoms with Gasteiger partial charge in [0, 0.05) is 31.7 Å². The maximum Gasteiger partial charge on any atom is 0.261 e. The quantitative estimate of drug-likeness (QED) is 0.522. The van der Waals surface area contributed by atoms with E-state index in [9.17, 15) is 0 Å². The zero-order chi connectivity index (χ0) is 19.8. The van der Waals surface area contributed by atoms with Gasteiger partial charge in [-0.1, -0.05) is 24.2 Å². The van der Waals surface area contributed by atoms with Crippen molar-refractivity contribution in [1.82, 2.24) is 24.7 Å². The van der Waals surface area contributed by atoms with E-state index in [0.717, 1.165) is 49.2 Å². The number of aromatic nitrogens is 5. The SMILES string of the molecule is CCc1nc2ccccc2n1C1CCN(c2ncccc2-c2nc(C)no2)CC1. The van der Waals surface area contributed by atoms with Crippen molar-refractivity contribution in [3.63, 3.8) is 0 Å². The van der Waals surface area contributed by atoms with E-state index in [1.807, 2.05) is 25.3 Å². The minimum Gasteiger partial charge on any atom is -0.356 e. The maximum atomic E-state index is 5.40. The number of hydrogen-bond donors (Lipinski definition) is 0. The second kappa shape index (κ2) is 7.31. The molecule has 1 aliphatic heterocycles. The predicted molar refractivity (Wildman–Crippen MR) is 112 cm³/mol. The molecule has 4 heterocycles. The second-order valence-corrected chi connectivity index (χ2v) is 7.48. The molecule has 7 nitrogen and oxygen atoms in total. The van der Waals surface area contributed by atoms with Gasteiger partial charge < -0.3 is 14.0 Å². The highest BCUT2D eigenvalue weighted by Crippen LogP contribution is 2.34. The molecule has 1 aliphatic rings. The number of benzene rings is 1. The van der Waals surface area contributed by atoms with Gasteiger partial charge in [0.1, 0.15) is 11.6 Å². The van der Waals surface area contributed by atoms with Gasteiger partial charge in [-0.15, -0.1) is 0 Å². The number of anilines is 1. The molecule has 5 rings (SSSR count). The molecule has 0 spiro atoms. The summed E-state index contributed by atoms with van der Waals surface area (Å²) in [6, 6.07) is 12.8. The number of fused-ring (bicyclic) bond motifs is 1. The average molecular weight is 388 g/mol. The van der Waals surface area contributed by atoms with Crippen LogP contribution in [0.5, 0.6) is 0 Å². The fourth-order valence-electron chi connectivity index (χ4n) is 4.31. The van der Waals surface area contributed by atoms with Gasteiger partial charge in [-0.05, 0) is 44.0 Å². The highest BCUT2D eigenvalue weighted by Gasteiger charge is 2.26. The van der Waals surface area contributed by atoms with Gasteiger partial charge in [0.15, 0.2) is 5.82 Å². The van der Waals surface area contributed by atoms with Crippen LogP contribution in [0.15, 0.2) is 47.1 Å². The number of hydrogen-bond acceptors (Lipinski definition) is 6. The van der Waals surface area contributed by atoms with E-state index < -0.39 is 0 Å². The van der Waals surface area contributed by atoms with E-state index in [4.69, 9.17) is 9.51 Å². The molecule has 1 saturated heterocycles. The van der Waals surface area contributed by atoms with Crippen molar-refractivity contribution in [2.75, 3.05) is 18.0 Å². The van der Waals surface area contributed by atoms with Crippen molar-refractivity contribution < 1.29 is 4.52 Å². The van der Waals surface area contributed by atoms with Gasteiger partial charge in [0.05, 0.1) is 16.6 Å². The Balaban J connectivity index is 1.41. The van der Waals surface area contributed by atoms with Gasteiger partial charge in [-0.3, -0.25) is 0 Å². The summed E-state index contributed by atoms with van der Waals surface area (Å²) in [4.78, 5) is 16.2. The van der Waals surface area contributed by atoms with Crippen LogP contribution in [0.1, 0.15) is 37.5 Å². The zero-order valence-electron chi connectivity index (χ0n) is 16.7. The Morgan fingerprint density at radius 3 is 2.66 bits per heavy atom. The molecule has 1 aromatic carbocycles. The van der Waals surface area contributed by atoms with E-state index in [1.165, 1.54) is 11.3 Å². The highest BCUT2D eigenvalue weighted by molar-refractivity contribution is 5.76. The fourth-order valence-corrected chi connectivity index (χ4v) is 4.31. The molecule has 4 aromatic rings. The normalized spacial score (nSPS) is 15.3. The molecular weight excluding hydrogens is 364 g/mol. The molecular formula is C22H24N6O. The first-order valence-electron chi connectivity index (χ1n) is 10.2. The summed E-state index contributed by atoms with van der Waals surface area (Å²) in [7, 11) is 0. The first-order chi connectivity index (χ1) is 14.2. The largest absolute Gasteiger partial charge is 0.356 e. The smallest absolute Gasteiger partial charge is 0.261 e. The van der Waals surface area contributed by atoms with E-state index >= 15 is 0 Å². The van der Waals surface area contributed by atoms with Crippen molar-refractivity contribution in [2.24, 2.45) is 0 Å². The average Bonchev–Trinajstić information content (AvgIpc) is 3.37. The number of aryl methyl sites for hydroxylation is 2. The number of para-hydroxylation sites is 2. The van der Waals surface area contributed by atoms with Crippen LogP contribution in [0.3, 0.4) is 0 Å². The number of imidazole rings is 1. The van der Waals surface area contributed by atoms with E-state index in [2.05, 4.69) is 55.8 Å². The molecule has 0 N–H and O–H groups in total. The molecule has 0 amide bonds. The Kier molecular flexibility index (Phi) is 4.50. The number of rotatable bonds is 4. The maximum absolute atomic E-state index is 5.40. The van der Waals surface area contributed by atoms with Gasteiger partial charge in [0.2, 0.25) is 0 Å². The molecule has 0 radical (unpaired) electrons. The van der Waals surface area contributed by atoms with E-state index in [-0.39, 0.29) is 0 Å². The van der Waals surface area contributed by atoms with Crippen LogP contribution < -0.4 is 4.90 Å². The van der Waals surface area contributed by atoms with Crippen LogP contribution in [0.2, 0.25) is 0 Å². The minimum atomic E-state index is 0.450. The van der Waals surface area contributed by atoms with Crippen LogP contribution in [-0.4, -0.2) is 37.8 Å². The number of nitrogens with zero attached hydrogens (tertiary/aromatic N) is 6. The lowest BCUT2D eigenvalue weighted by Gasteiger charge is -2.34. The molecule has 29 heavy (non-hydrogen) atoms. The second-order valence-electron chi connectivity index (χ2n) is 7.48. The Bertz CT molecular complexity index is 1140. The summed E-state index contributed by atoms with van der Waals surface area (Å²) in [6.45, 7) is 5.86. The van der Waals surface area contributed by atoms with E-state index in [0.29, 0.717) is 17.8 Å². The van der Waals surface area contributed by atoms with Crippen LogP contribution in [-0.2, 0) is 6.42 Å². The van der Waals surface area contributed by atoms with E-state index in [1.54, 1.807) is 0 Å². The third-order valence-electron chi connectivity index (χ3n) is 5.66. The van der Waals surface area contributed by atoms with Crippen LogP contribution in [0.4, 0.5) is 5.82 Å². The molecule has 3 aromatic heterocycles. The number of pyridine rings is 1. The molecule has 0 unspecified atom stereocenters. The number of piperidine rings is 1. The Morgan fingerprint density at radius 2 is 1.90 bits per heavy atom. The lowest BCUT2D eigenvalue weighted by molar-refractivity contribution is 0.393. The van der Waals surface area contributed by atoms with Crippen LogP contribution in [0, 0.1) is 6.92 Å². The van der Waals surface area contributed by atoms with Gasteiger partial charge >= 0.3 is 0 Å². The summed E-state index contributed by atoms with van der Waals surface area (Å²) >= 11 is 0. The summed E-state index contributed by atoms with van der Waals surface area (Å²) < 4.78 is 7.85. The highest BCUT2D eigenvalue weighted by atomic mass is 16.5. The summed E-state index contributed by atoms with van der Waals surface area (Å²) in [6.07, 6.45) is 4.86. The lowest BCUT2D eigenvalue weighted by Crippen LogP contribution is -2.35. The molecule has 0 atom stereocenters. The Morgan fingerprint density at radius 1 is 1.07 bits per heavy atom. The third-order valence-corrected chi connectivity index (χ3v) is 5.66. The molecule has 1 fully saturated rings. The Labute approximate surface area is 169 Å². The molecule has 0 bridgehead atoms. The van der Waals surface area contributed by atoms with Crippen molar-refractivity contribution in [1.29, 1.82) is 0 Å². The van der Waals surface area contributed by atoms with Gasteiger partial charge in [0.25, 0.3) is 5.89 Å². The summed E-state index contributed by atoms with van der Waals surface area (Å²) in [5.74, 6) is 3.25. The summed E-state index contributed by atoms with van der Waals surface area (Å²) in [5, 5.41) is 3.93. The van der Waals surface area contributed by atoms with Crippen LogP contribution >= 0.6 is 0 Å². The molecule has 7 heteroatoms. The molecule has 148 valence electrons. The third kappa shape index (κ3) is 3.16. The monoisotopic (exact) mass is 388 g/mol. The van der Waals surface area contributed by atoms with Gasteiger partial charge in [-0.25, -0.2) is 9.97 Å². The minimum absolute atomic E-state index is 0.450. The predicted octanol–water partition coefficient (Wildman–Crippen LogP) is 4.19. The lowest BCUT2D eigenvalue weighted by atomic mass is 10.0. The standard InChI is InChI=1S/C22H24N6O/c1-3-20-25-18-8-4-5-9-19(18)28(20)16-10-13-27(14-11-16)21-17(7-6-12-23-21)22-24-15(2)26-29-22/h4-9,12,16H,3,10-11,13-14H2,1-2H3.